The minimum absolute atomic E-state index is 0.215. The number of carbonyl (C=O) groups is 3. The Balaban J connectivity index is 1.54. The fourth-order valence-corrected chi connectivity index (χ4v) is 2.59. The summed E-state index contributed by atoms with van der Waals surface area (Å²) >= 11 is 0. The van der Waals surface area contributed by atoms with Gasteiger partial charge >= 0.3 is 5.97 Å². The predicted octanol–water partition coefficient (Wildman–Crippen LogP) is 2.52. The molecule has 0 bridgehead atoms. The molecule has 0 heterocycles. The van der Waals surface area contributed by atoms with E-state index in [9.17, 15) is 14.4 Å². The van der Waals surface area contributed by atoms with Gasteiger partial charge in [0.25, 0.3) is 11.8 Å². The highest BCUT2D eigenvalue weighted by Gasteiger charge is 2.25. The SMILES string of the molecule is COCc1ccc(C(=O)OCC(=O)Nc2ccccc2C(=O)NC2CC2)cc1. The van der Waals surface area contributed by atoms with Gasteiger partial charge in [-0.25, -0.2) is 4.79 Å². The zero-order chi connectivity index (χ0) is 19.9. The second-order valence-electron chi connectivity index (χ2n) is 6.55. The molecule has 2 amide bonds. The number of hydrogen-bond donors (Lipinski definition) is 2. The average molecular weight is 382 g/mol. The summed E-state index contributed by atoms with van der Waals surface area (Å²) in [6.45, 7) is 0.00268. The Morgan fingerprint density at radius 2 is 1.75 bits per heavy atom. The van der Waals surface area contributed by atoms with Crippen LogP contribution in [0.25, 0.3) is 0 Å². The summed E-state index contributed by atoms with van der Waals surface area (Å²) in [4.78, 5) is 36.5. The van der Waals surface area contributed by atoms with Gasteiger partial charge in [0.1, 0.15) is 0 Å². The van der Waals surface area contributed by atoms with Crippen molar-refractivity contribution in [1.29, 1.82) is 0 Å². The van der Waals surface area contributed by atoms with Crippen molar-refractivity contribution in [2.45, 2.75) is 25.5 Å². The average Bonchev–Trinajstić information content (AvgIpc) is 3.51. The number of ether oxygens (including phenoxy) is 2. The van der Waals surface area contributed by atoms with Gasteiger partial charge in [-0.3, -0.25) is 9.59 Å². The van der Waals surface area contributed by atoms with Crippen LogP contribution < -0.4 is 10.6 Å². The van der Waals surface area contributed by atoms with E-state index in [4.69, 9.17) is 9.47 Å². The molecule has 0 unspecified atom stereocenters. The molecule has 28 heavy (non-hydrogen) atoms. The van der Waals surface area contributed by atoms with E-state index in [2.05, 4.69) is 10.6 Å². The normalized spacial score (nSPS) is 12.9. The Hall–Kier alpha value is -3.19. The molecule has 2 aromatic carbocycles. The van der Waals surface area contributed by atoms with E-state index in [0.717, 1.165) is 18.4 Å². The highest BCUT2D eigenvalue weighted by Crippen LogP contribution is 2.21. The summed E-state index contributed by atoms with van der Waals surface area (Å²) in [5.41, 5.74) is 2.03. The molecule has 0 aromatic heterocycles. The zero-order valence-corrected chi connectivity index (χ0v) is 15.6. The Morgan fingerprint density at radius 1 is 1.04 bits per heavy atom. The largest absolute Gasteiger partial charge is 0.452 e. The van der Waals surface area contributed by atoms with E-state index in [1.54, 1.807) is 55.6 Å². The van der Waals surface area contributed by atoms with E-state index >= 15 is 0 Å². The molecule has 2 aromatic rings. The molecule has 1 aliphatic carbocycles. The van der Waals surface area contributed by atoms with E-state index < -0.39 is 18.5 Å². The van der Waals surface area contributed by atoms with Gasteiger partial charge in [-0.15, -0.1) is 0 Å². The summed E-state index contributed by atoms with van der Waals surface area (Å²) in [5, 5.41) is 5.51. The fraction of sp³-hybridized carbons (Fsp3) is 0.286. The molecule has 7 heteroatoms. The molecule has 3 rings (SSSR count). The summed E-state index contributed by atoms with van der Waals surface area (Å²) < 4.78 is 10.1. The molecule has 0 radical (unpaired) electrons. The van der Waals surface area contributed by atoms with Crippen molar-refractivity contribution in [2.24, 2.45) is 0 Å². The summed E-state index contributed by atoms with van der Waals surface area (Å²) in [6.07, 6.45) is 1.95. The lowest BCUT2D eigenvalue weighted by Crippen LogP contribution is -2.28. The molecule has 7 nitrogen and oxygen atoms in total. The predicted molar refractivity (Wildman–Crippen MR) is 103 cm³/mol. The zero-order valence-electron chi connectivity index (χ0n) is 15.6. The van der Waals surface area contributed by atoms with Crippen LogP contribution in [-0.2, 0) is 20.9 Å². The van der Waals surface area contributed by atoms with Gasteiger partial charge in [0.15, 0.2) is 6.61 Å². The number of carbonyl (C=O) groups excluding carboxylic acids is 3. The van der Waals surface area contributed by atoms with Crippen LogP contribution in [0.2, 0.25) is 0 Å². The van der Waals surface area contributed by atoms with Crippen molar-refractivity contribution in [3.05, 3.63) is 65.2 Å². The van der Waals surface area contributed by atoms with Gasteiger partial charge in [0.05, 0.1) is 23.4 Å². The van der Waals surface area contributed by atoms with Crippen LogP contribution in [0.1, 0.15) is 39.1 Å². The molecule has 0 spiro atoms. The van der Waals surface area contributed by atoms with E-state index in [1.807, 2.05) is 0 Å². The minimum atomic E-state index is -0.598. The van der Waals surface area contributed by atoms with Gasteiger partial charge in [0, 0.05) is 13.2 Å². The van der Waals surface area contributed by atoms with Crippen LogP contribution in [0, 0.1) is 0 Å². The molecule has 1 aliphatic rings. The number of benzene rings is 2. The lowest BCUT2D eigenvalue weighted by atomic mass is 10.1. The monoisotopic (exact) mass is 382 g/mol. The number of amides is 2. The number of nitrogens with one attached hydrogen (secondary N) is 2. The van der Waals surface area contributed by atoms with Crippen LogP contribution in [-0.4, -0.2) is 37.5 Å². The molecule has 0 atom stereocenters. The number of esters is 1. The third-order valence-electron chi connectivity index (χ3n) is 4.19. The smallest absolute Gasteiger partial charge is 0.338 e. The lowest BCUT2D eigenvalue weighted by Gasteiger charge is -2.11. The van der Waals surface area contributed by atoms with Crippen molar-refractivity contribution in [1.82, 2.24) is 5.32 Å². The third kappa shape index (κ3) is 5.40. The molecule has 0 saturated heterocycles. The van der Waals surface area contributed by atoms with Crippen molar-refractivity contribution in [3.63, 3.8) is 0 Å². The van der Waals surface area contributed by atoms with Crippen LogP contribution >= 0.6 is 0 Å². The van der Waals surface area contributed by atoms with Crippen molar-refractivity contribution in [2.75, 3.05) is 19.0 Å². The van der Waals surface area contributed by atoms with Crippen molar-refractivity contribution in [3.8, 4) is 0 Å². The summed E-state index contributed by atoms with van der Waals surface area (Å²) in [6, 6.07) is 13.7. The first-order valence-electron chi connectivity index (χ1n) is 9.01. The Kier molecular flexibility index (Phi) is 6.39. The van der Waals surface area contributed by atoms with E-state index in [-0.39, 0.29) is 11.9 Å². The molecule has 2 N–H and O–H groups in total. The highest BCUT2D eigenvalue weighted by atomic mass is 16.5. The summed E-state index contributed by atoms with van der Waals surface area (Å²) in [5.74, 6) is -1.35. The highest BCUT2D eigenvalue weighted by molar-refractivity contribution is 6.04. The quantitative estimate of drug-likeness (QED) is 0.684. The molecule has 1 saturated carbocycles. The van der Waals surface area contributed by atoms with Crippen LogP contribution in [0.5, 0.6) is 0 Å². The Bertz CT molecular complexity index is 859. The lowest BCUT2D eigenvalue weighted by molar-refractivity contribution is -0.119. The Labute approximate surface area is 163 Å². The molecular formula is C21H22N2O5. The summed E-state index contributed by atoms with van der Waals surface area (Å²) in [7, 11) is 1.59. The maximum atomic E-state index is 12.3. The second-order valence-corrected chi connectivity index (χ2v) is 6.55. The maximum Gasteiger partial charge on any atom is 0.338 e. The first-order valence-corrected chi connectivity index (χ1v) is 9.01. The number of methoxy groups -OCH3 is 1. The van der Waals surface area contributed by atoms with E-state index in [0.29, 0.717) is 23.4 Å². The first kappa shape index (κ1) is 19.6. The van der Waals surface area contributed by atoms with Gasteiger partial charge in [-0.2, -0.15) is 0 Å². The van der Waals surface area contributed by atoms with Crippen LogP contribution in [0.15, 0.2) is 48.5 Å². The standard InChI is InChI=1S/C21H22N2O5/c1-27-12-14-6-8-15(9-7-14)21(26)28-13-19(24)23-18-5-3-2-4-17(18)20(25)22-16-10-11-16/h2-9,16H,10-13H2,1H3,(H,22,25)(H,23,24). The molecular weight excluding hydrogens is 360 g/mol. The first-order chi connectivity index (χ1) is 13.6. The second kappa shape index (κ2) is 9.14. The number of hydrogen-bond acceptors (Lipinski definition) is 5. The van der Waals surface area contributed by atoms with Gasteiger partial charge in [-0.05, 0) is 42.7 Å². The van der Waals surface area contributed by atoms with Crippen molar-refractivity contribution >= 4 is 23.5 Å². The molecule has 146 valence electrons. The van der Waals surface area contributed by atoms with Gasteiger partial charge in [-0.1, -0.05) is 24.3 Å². The van der Waals surface area contributed by atoms with Crippen LogP contribution in [0.4, 0.5) is 5.69 Å². The maximum absolute atomic E-state index is 12.3. The number of rotatable bonds is 8. The topological polar surface area (TPSA) is 93.7 Å². The minimum Gasteiger partial charge on any atom is -0.452 e. The van der Waals surface area contributed by atoms with E-state index in [1.165, 1.54) is 0 Å². The molecule has 0 aliphatic heterocycles. The fourth-order valence-electron chi connectivity index (χ4n) is 2.59. The van der Waals surface area contributed by atoms with Crippen molar-refractivity contribution < 1.29 is 23.9 Å². The third-order valence-corrected chi connectivity index (χ3v) is 4.19. The number of para-hydroxylation sites is 1. The molecule has 1 fully saturated rings. The Morgan fingerprint density at radius 3 is 2.43 bits per heavy atom. The van der Waals surface area contributed by atoms with Crippen LogP contribution in [0.3, 0.4) is 0 Å². The van der Waals surface area contributed by atoms with Gasteiger partial charge < -0.3 is 20.1 Å². The number of anilines is 1. The van der Waals surface area contributed by atoms with Gasteiger partial charge in [0.2, 0.25) is 0 Å².